The summed E-state index contributed by atoms with van der Waals surface area (Å²) in [7, 11) is 0. The van der Waals surface area contributed by atoms with Crippen LogP contribution in [0.25, 0.3) is 5.69 Å². The normalized spacial score (nSPS) is 26.5. The van der Waals surface area contributed by atoms with Crippen LogP contribution in [0, 0.1) is 17.3 Å². The second-order valence-corrected chi connectivity index (χ2v) is 11.1. The number of halogens is 1. The van der Waals surface area contributed by atoms with Crippen molar-refractivity contribution < 1.29 is 9.59 Å². The maximum absolute atomic E-state index is 13.3. The van der Waals surface area contributed by atoms with E-state index in [1.54, 1.807) is 0 Å². The minimum Gasteiger partial charge on any atom is -0.344 e. The van der Waals surface area contributed by atoms with Crippen molar-refractivity contribution in [3.63, 3.8) is 0 Å². The Morgan fingerprint density at radius 3 is 2.26 bits per heavy atom. The van der Waals surface area contributed by atoms with E-state index in [4.69, 9.17) is 16.7 Å². The lowest BCUT2D eigenvalue weighted by Gasteiger charge is -2.38. The van der Waals surface area contributed by atoms with Gasteiger partial charge < -0.3 is 5.32 Å². The Bertz CT molecular complexity index is 1020. The highest BCUT2D eigenvalue weighted by Gasteiger charge is 2.46. The van der Waals surface area contributed by atoms with E-state index in [0.29, 0.717) is 22.6 Å². The third-order valence-electron chi connectivity index (χ3n) is 7.42. The molecule has 1 amide bonds. The summed E-state index contributed by atoms with van der Waals surface area (Å²) in [5.74, 6) is 2.09. The number of aromatic nitrogens is 2. The van der Waals surface area contributed by atoms with Crippen molar-refractivity contribution in [1.29, 1.82) is 0 Å². The third-order valence-corrected chi connectivity index (χ3v) is 7.68. The number of amides is 1. The molecule has 2 unspecified atom stereocenters. The molecule has 0 aliphatic heterocycles. The van der Waals surface area contributed by atoms with Gasteiger partial charge in [0, 0.05) is 21.9 Å². The summed E-state index contributed by atoms with van der Waals surface area (Å²) in [6, 6.07) is 7.67. The highest BCUT2D eigenvalue weighted by molar-refractivity contribution is 6.30. The maximum atomic E-state index is 13.3. The third kappa shape index (κ3) is 3.71. The quantitative estimate of drug-likeness (QED) is 0.706. The van der Waals surface area contributed by atoms with Crippen molar-refractivity contribution in [3.05, 3.63) is 46.2 Å². The van der Waals surface area contributed by atoms with Crippen LogP contribution in [0.2, 0.25) is 5.02 Å². The molecule has 164 valence electrons. The fraction of sp³-hybridized carbons (Fsp3) is 0.560. The van der Waals surface area contributed by atoms with E-state index in [9.17, 15) is 9.59 Å². The number of nitrogens with one attached hydrogen (secondary N) is 1. The molecule has 1 aromatic heterocycles. The molecule has 1 N–H and O–H groups in total. The Kier molecular flexibility index (Phi) is 5.00. The van der Waals surface area contributed by atoms with Crippen LogP contribution in [0.5, 0.6) is 0 Å². The number of hydrogen-bond acceptors (Lipinski definition) is 3. The topological polar surface area (TPSA) is 64.0 Å². The van der Waals surface area contributed by atoms with E-state index in [1.807, 2.05) is 49.7 Å². The zero-order valence-electron chi connectivity index (χ0n) is 18.5. The molecule has 0 radical (unpaired) electrons. The summed E-state index contributed by atoms with van der Waals surface area (Å²) in [4.78, 5) is 25.7. The fourth-order valence-electron chi connectivity index (χ4n) is 6.00. The van der Waals surface area contributed by atoms with E-state index in [1.165, 1.54) is 25.0 Å². The van der Waals surface area contributed by atoms with Gasteiger partial charge in [0.05, 0.1) is 17.9 Å². The molecular weight excluding hydrogens is 410 g/mol. The summed E-state index contributed by atoms with van der Waals surface area (Å²) in [6.07, 6.45) is 5.99. The molecule has 6 heteroatoms. The van der Waals surface area contributed by atoms with E-state index >= 15 is 0 Å². The number of nitrogens with zero attached hydrogens (tertiary/aromatic N) is 2. The van der Waals surface area contributed by atoms with Gasteiger partial charge in [-0.1, -0.05) is 32.4 Å². The van der Waals surface area contributed by atoms with Crippen molar-refractivity contribution >= 4 is 23.3 Å². The minimum absolute atomic E-state index is 0.0176. The van der Waals surface area contributed by atoms with E-state index < -0.39 is 5.41 Å². The Balaban J connectivity index is 1.56. The second kappa shape index (κ2) is 7.47. The molecule has 0 saturated heterocycles. The number of ketones is 1. The summed E-state index contributed by atoms with van der Waals surface area (Å²) in [5, 5.41) is 8.39. The summed E-state index contributed by atoms with van der Waals surface area (Å²) in [5.41, 5.74) is 3.30. The van der Waals surface area contributed by atoms with Gasteiger partial charge in [0.15, 0.2) is 11.5 Å². The number of hydrogen-bond donors (Lipinski definition) is 1. The molecule has 1 heterocycles. The first kappa shape index (κ1) is 20.7. The van der Waals surface area contributed by atoms with Gasteiger partial charge in [-0.25, -0.2) is 4.68 Å². The molecule has 2 aromatic rings. The van der Waals surface area contributed by atoms with Gasteiger partial charge in [0.25, 0.3) is 5.91 Å². The van der Waals surface area contributed by atoms with Gasteiger partial charge in [-0.2, -0.15) is 5.10 Å². The largest absolute Gasteiger partial charge is 0.344 e. The van der Waals surface area contributed by atoms with Crippen molar-refractivity contribution in [2.45, 2.75) is 64.7 Å². The maximum Gasteiger partial charge on any atom is 0.272 e. The molecule has 4 aliphatic carbocycles. The zero-order valence-corrected chi connectivity index (χ0v) is 19.2. The first-order valence-electron chi connectivity index (χ1n) is 11.4. The lowest BCUT2D eigenvalue weighted by Crippen LogP contribution is -2.36. The van der Waals surface area contributed by atoms with Crippen LogP contribution in [0.15, 0.2) is 24.3 Å². The van der Waals surface area contributed by atoms with Crippen LogP contribution >= 0.6 is 11.6 Å². The molecule has 31 heavy (non-hydrogen) atoms. The Hall–Kier alpha value is -2.14. The second-order valence-electron chi connectivity index (χ2n) is 10.7. The summed E-state index contributed by atoms with van der Waals surface area (Å²) < 4.78 is 1.99. The number of carbonyl (C=O) groups excluding carboxylic acids is 2. The molecule has 0 spiro atoms. The van der Waals surface area contributed by atoms with E-state index in [-0.39, 0.29) is 18.2 Å². The Morgan fingerprint density at radius 2 is 1.65 bits per heavy atom. The van der Waals surface area contributed by atoms with E-state index in [0.717, 1.165) is 35.9 Å². The lowest BCUT2D eigenvalue weighted by atomic mass is 9.67. The Labute approximate surface area is 188 Å². The van der Waals surface area contributed by atoms with Crippen LogP contribution in [0.1, 0.15) is 86.5 Å². The number of rotatable bonds is 4. The highest BCUT2D eigenvalue weighted by Crippen LogP contribution is 2.57. The minimum atomic E-state index is -0.481. The monoisotopic (exact) mass is 439 g/mol. The smallest absolute Gasteiger partial charge is 0.272 e. The first-order chi connectivity index (χ1) is 14.7. The standard InChI is InChI=1S/C25H30ClN3O2/c1-25(2,3)20(30)13-27-24(31)22-21-16-9-14-8-15(10-16)12-17(11-14)23(21)29(28-22)19-6-4-18(26)5-7-19/h4-7,14-17H,8-13H2,1-3H3,(H,27,31). The number of Topliss-reactive ketones (excluding diaryl/α,β-unsaturated/α-hetero) is 1. The summed E-state index contributed by atoms with van der Waals surface area (Å²) >= 11 is 6.12. The molecule has 5 nitrogen and oxygen atoms in total. The molecule has 1 aromatic carbocycles. The van der Waals surface area contributed by atoms with Crippen molar-refractivity contribution in [3.8, 4) is 5.69 Å². The van der Waals surface area contributed by atoms with E-state index in [2.05, 4.69) is 5.32 Å². The number of carbonyl (C=O) groups is 2. The lowest BCUT2D eigenvalue weighted by molar-refractivity contribution is -0.125. The van der Waals surface area contributed by atoms with Gasteiger partial charge in [-0.15, -0.1) is 0 Å². The van der Waals surface area contributed by atoms with Gasteiger partial charge in [0.2, 0.25) is 0 Å². The van der Waals surface area contributed by atoms with Crippen LogP contribution in [-0.4, -0.2) is 28.0 Å². The SMILES string of the molecule is CC(C)(C)C(=O)CNC(=O)c1nn(-c2ccc(Cl)cc2)c2c1C1CC3CC(C1)CC2C3. The predicted molar refractivity (Wildman–Crippen MR) is 121 cm³/mol. The highest BCUT2D eigenvalue weighted by atomic mass is 35.5. The zero-order chi connectivity index (χ0) is 21.9. The van der Waals surface area contributed by atoms with Crippen LogP contribution in [0.3, 0.4) is 0 Å². The predicted octanol–water partition coefficient (Wildman–Crippen LogP) is 5.26. The van der Waals surface area contributed by atoms with Gasteiger partial charge in [-0.3, -0.25) is 9.59 Å². The molecule has 2 saturated carbocycles. The molecule has 2 fully saturated rings. The van der Waals surface area contributed by atoms with Crippen LogP contribution in [0.4, 0.5) is 0 Å². The van der Waals surface area contributed by atoms with Crippen molar-refractivity contribution in [1.82, 2.24) is 15.1 Å². The fourth-order valence-corrected chi connectivity index (χ4v) is 6.13. The Morgan fingerprint density at radius 1 is 1.03 bits per heavy atom. The molecule has 6 rings (SSSR count). The molecular formula is C25H30ClN3O2. The van der Waals surface area contributed by atoms with Gasteiger partial charge >= 0.3 is 0 Å². The molecule has 4 aliphatic rings. The van der Waals surface area contributed by atoms with Crippen LogP contribution in [-0.2, 0) is 4.79 Å². The van der Waals surface area contributed by atoms with Gasteiger partial charge in [0.1, 0.15) is 0 Å². The van der Waals surface area contributed by atoms with Crippen LogP contribution < -0.4 is 5.32 Å². The average molecular weight is 440 g/mol. The van der Waals surface area contributed by atoms with Gasteiger partial charge in [-0.05, 0) is 74.1 Å². The molecule has 2 atom stereocenters. The number of benzene rings is 1. The molecule has 4 bridgehead atoms. The summed E-state index contributed by atoms with van der Waals surface area (Å²) in [6.45, 7) is 5.65. The first-order valence-corrected chi connectivity index (χ1v) is 11.8. The van der Waals surface area contributed by atoms with Crippen molar-refractivity contribution in [2.75, 3.05) is 6.54 Å². The van der Waals surface area contributed by atoms with Crippen molar-refractivity contribution in [2.24, 2.45) is 17.3 Å². The average Bonchev–Trinajstić information content (AvgIpc) is 3.03.